The van der Waals surface area contributed by atoms with Gasteiger partial charge >= 0.3 is 0 Å². The molecule has 0 fully saturated rings. The van der Waals surface area contributed by atoms with E-state index in [9.17, 15) is 0 Å². The second-order valence-electron chi connectivity index (χ2n) is 5.85. The highest BCUT2D eigenvalue weighted by atomic mass is 15.2. The van der Waals surface area contributed by atoms with Gasteiger partial charge in [-0.25, -0.2) is 4.52 Å². The highest BCUT2D eigenvalue weighted by Crippen LogP contribution is 2.10. The lowest BCUT2D eigenvalue weighted by atomic mass is 10.1. The minimum Gasteiger partial charge on any atom is -0.313 e. The van der Waals surface area contributed by atoms with E-state index in [1.807, 2.05) is 23.0 Å². The van der Waals surface area contributed by atoms with E-state index in [1.54, 1.807) is 0 Å². The van der Waals surface area contributed by atoms with Crippen LogP contribution >= 0.6 is 0 Å². The van der Waals surface area contributed by atoms with Gasteiger partial charge in [-0.3, -0.25) is 0 Å². The molecule has 3 nitrogen and oxygen atoms in total. The Morgan fingerprint density at radius 3 is 2.57 bits per heavy atom. The minimum absolute atomic E-state index is 0.921. The fraction of sp³-hybridized carbons (Fsp3) is 0.611. The molecule has 1 N–H and O–H groups in total. The Balaban J connectivity index is 1.52. The molecular formula is C18H29N3. The lowest BCUT2D eigenvalue weighted by Crippen LogP contribution is -2.14. The Bertz CT molecular complexity index is 504. The van der Waals surface area contributed by atoms with Crippen LogP contribution in [-0.4, -0.2) is 16.2 Å². The monoisotopic (exact) mass is 287 g/mol. The van der Waals surface area contributed by atoms with Crippen LogP contribution in [0.25, 0.3) is 5.52 Å². The number of hydrogen-bond acceptors (Lipinski definition) is 2. The number of aromatic nitrogens is 2. The highest BCUT2D eigenvalue weighted by molar-refractivity contribution is 5.53. The van der Waals surface area contributed by atoms with E-state index in [0.717, 1.165) is 13.1 Å². The molecule has 0 aliphatic heterocycles. The van der Waals surface area contributed by atoms with E-state index in [1.165, 1.54) is 62.4 Å². The van der Waals surface area contributed by atoms with Crippen LogP contribution in [-0.2, 0) is 6.54 Å². The first-order valence-corrected chi connectivity index (χ1v) is 8.54. The number of nitrogens with one attached hydrogen (secondary N) is 1. The maximum Gasteiger partial charge on any atom is 0.0706 e. The van der Waals surface area contributed by atoms with Crippen molar-refractivity contribution in [1.82, 2.24) is 14.9 Å². The van der Waals surface area contributed by atoms with Gasteiger partial charge in [0.15, 0.2) is 0 Å². The molecule has 0 unspecified atom stereocenters. The number of pyridine rings is 1. The summed E-state index contributed by atoms with van der Waals surface area (Å²) in [5.41, 5.74) is 2.50. The van der Waals surface area contributed by atoms with Gasteiger partial charge in [0, 0.05) is 18.3 Å². The fourth-order valence-electron chi connectivity index (χ4n) is 2.73. The summed E-state index contributed by atoms with van der Waals surface area (Å²) < 4.78 is 1.94. The van der Waals surface area contributed by atoms with Crippen molar-refractivity contribution in [1.29, 1.82) is 0 Å². The fourth-order valence-corrected chi connectivity index (χ4v) is 2.73. The summed E-state index contributed by atoms with van der Waals surface area (Å²) in [6.07, 6.45) is 15.0. The standard InChI is InChI=1S/C18H29N3/c1-2-3-4-5-6-7-8-10-13-19-15-17-16-20-21-14-11-9-12-18(17)21/h9,11-12,14,16,19H,2-8,10,13,15H2,1H3. The maximum atomic E-state index is 4.36. The summed E-state index contributed by atoms with van der Waals surface area (Å²) >= 11 is 0. The molecule has 2 heterocycles. The molecule has 3 heteroatoms. The van der Waals surface area contributed by atoms with Gasteiger partial charge in [-0.15, -0.1) is 0 Å². The number of hydrogen-bond donors (Lipinski definition) is 1. The van der Waals surface area contributed by atoms with E-state index >= 15 is 0 Å². The Kier molecular flexibility index (Phi) is 7.30. The molecule has 0 saturated carbocycles. The van der Waals surface area contributed by atoms with Gasteiger partial charge in [0.05, 0.1) is 11.7 Å². The van der Waals surface area contributed by atoms with Gasteiger partial charge in [-0.05, 0) is 25.1 Å². The second-order valence-corrected chi connectivity index (χ2v) is 5.85. The van der Waals surface area contributed by atoms with Gasteiger partial charge in [0.1, 0.15) is 0 Å². The number of unbranched alkanes of at least 4 members (excludes halogenated alkanes) is 7. The van der Waals surface area contributed by atoms with Crippen molar-refractivity contribution in [3.05, 3.63) is 36.2 Å². The molecule has 116 valence electrons. The lowest BCUT2D eigenvalue weighted by molar-refractivity contribution is 0.555. The van der Waals surface area contributed by atoms with Crippen molar-refractivity contribution in [3.8, 4) is 0 Å². The van der Waals surface area contributed by atoms with Gasteiger partial charge in [0.25, 0.3) is 0 Å². The Labute approximate surface area is 128 Å². The molecule has 0 bridgehead atoms. The Morgan fingerprint density at radius 2 is 1.76 bits per heavy atom. The molecule has 0 aromatic carbocycles. The second kappa shape index (κ2) is 9.56. The molecule has 0 amide bonds. The van der Waals surface area contributed by atoms with E-state index in [4.69, 9.17) is 0 Å². The average molecular weight is 287 g/mol. The van der Waals surface area contributed by atoms with E-state index < -0.39 is 0 Å². The van der Waals surface area contributed by atoms with Crippen LogP contribution in [0.2, 0.25) is 0 Å². The predicted octanol–water partition coefficient (Wildman–Crippen LogP) is 4.56. The molecule has 0 aliphatic rings. The van der Waals surface area contributed by atoms with Crippen LogP contribution < -0.4 is 5.32 Å². The van der Waals surface area contributed by atoms with E-state index in [2.05, 4.69) is 29.5 Å². The van der Waals surface area contributed by atoms with Crippen LogP contribution in [0.5, 0.6) is 0 Å². The number of nitrogens with zero attached hydrogens (tertiary/aromatic N) is 2. The first-order chi connectivity index (χ1) is 10.4. The molecule has 21 heavy (non-hydrogen) atoms. The first-order valence-electron chi connectivity index (χ1n) is 8.54. The first kappa shape index (κ1) is 16.0. The van der Waals surface area contributed by atoms with Crippen molar-refractivity contribution in [2.75, 3.05) is 6.54 Å². The van der Waals surface area contributed by atoms with Gasteiger partial charge in [-0.1, -0.05) is 57.9 Å². The summed E-state index contributed by atoms with van der Waals surface area (Å²) in [7, 11) is 0. The van der Waals surface area contributed by atoms with Crippen LogP contribution in [0.15, 0.2) is 30.6 Å². The van der Waals surface area contributed by atoms with Crippen molar-refractivity contribution in [2.24, 2.45) is 0 Å². The summed E-state index contributed by atoms with van der Waals surface area (Å²) in [6.45, 7) is 4.30. The normalized spacial score (nSPS) is 11.3. The Morgan fingerprint density at radius 1 is 1.00 bits per heavy atom. The largest absolute Gasteiger partial charge is 0.313 e. The molecule has 2 aromatic heterocycles. The highest BCUT2D eigenvalue weighted by Gasteiger charge is 2.01. The molecule has 2 rings (SSSR count). The maximum absolute atomic E-state index is 4.36. The van der Waals surface area contributed by atoms with Crippen LogP contribution in [0.1, 0.15) is 63.9 Å². The van der Waals surface area contributed by atoms with Crippen molar-refractivity contribution in [2.45, 2.75) is 64.8 Å². The summed E-state index contributed by atoms with van der Waals surface area (Å²) in [6, 6.07) is 6.21. The smallest absolute Gasteiger partial charge is 0.0706 e. The molecular weight excluding hydrogens is 258 g/mol. The lowest BCUT2D eigenvalue weighted by Gasteiger charge is -2.04. The van der Waals surface area contributed by atoms with Gasteiger partial charge in [-0.2, -0.15) is 5.10 Å². The molecule has 0 radical (unpaired) electrons. The topological polar surface area (TPSA) is 29.3 Å². The third kappa shape index (κ3) is 5.50. The van der Waals surface area contributed by atoms with Crippen LogP contribution in [0, 0.1) is 0 Å². The number of fused-ring (bicyclic) bond motifs is 1. The SMILES string of the molecule is CCCCCCCCCCNCc1cnn2ccccc12. The zero-order chi connectivity index (χ0) is 14.8. The molecule has 0 atom stereocenters. The van der Waals surface area contributed by atoms with E-state index in [-0.39, 0.29) is 0 Å². The van der Waals surface area contributed by atoms with Crippen molar-refractivity contribution >= 4 is 5.52 Å². The molecule has 0 spiro atoms. The summed E-state index contributed by atoms with van der Waals surface area (Å²) in [5, 5.41) is 7.90. The number of rotatable bonds is 11. The van der Waals surface area contributed by atoms with Crippen molar-refractivity contribution < 1.29 is 0 Å². The average Bonchev–Trinajstić information content (AvgIpc) is 2.92. The molecule has 2 aromatic rings. The quantitative estimate of drug-likeness (QED) is 0.614. The molecule has 0 saturated heterocycles. The summed E-state index contributed by atoms with van der Waals surface area (Å²) in [4.78, 5) is 0. The third-order valence-electron chi connectivity index (χ3n) is 4.03. The zero-order valence-corrected chi connectivity index (χ0v) is 13.4. The zero-order valence-electron chi connectivity index (χ0n) is 13.4. The van der Waals surface area contributed by atoms with E-state index in [0.29, 0.717) is 0 Å². The third-order valence-corrected chi connectivity index (χ3v) is 4.03. The minimum atomic E-state index is 0.921. The molecule has 0 aliphatic carbocycles. The van der Waals surface area contributed by atoms with Gasteiger partial charge in [0.2, 0.25) is 0 Å². The van der Waals surface area contributed by atoms with Crippen LogP contribution in [0.4, 0.5) is 0 Å². The van der Waals surface area contributed by atoms with Crippen molar-refractivity contribution in [3.63, 3.8) is 0 Å². The van der Waals surface area contributed by atoms with Gasteiger partial charge < -0.3 is 5.32 Å². The van der Waals surface area contributed by atoms with Crippen LogP contribution in [0.3, 0.4) is 0 Å². The Hall–Kier alpha value is -1.35. The predicted molar refractivity (Wildman–Crippen MR) is 89.5 cm³/mol. The summed E-state index contributed by atoms with van der Waals surface area (Å²) in [5.74, 6) is 0.